The van der Waals surface area contributed by atoms with Gasteiger partial charge >= 0.3 is 5.97 Å². The van der Waals surface area contributed by atoms with Gasteiger partial charge in [-0.15, -0.1) is 0 Å². The molecule has 1 aliphatic carbocycles. The van der Waals surface area contributed by atoms with Crippen LogP contribution in [0, 0.1) is 11.8 Å². The highest BCUT2D eigenvalue weighted by atomic mass is 16.4. The first-order chi connectivity index (χ1) is 9.63. The van der Waals surface area contributed by atoms with Crippen LogP contribution in [0.4, 0.5) is 5.69 Å². The van der Waals surface area contributed by atoms with E-state index in [0.717, 1.165) is 30.5 Å². The Balaban J connectivity index is 2.12. The molecule has 1 fully saturated rings. The highest BCUT2D eigenvalue weighted by Crippen LogP contribution is 2.31. The average Bonchev–Trinajstić information content (AvgIpc) is 2.47. The Bertz CT molecular complexity index is 498. The van der Waals surface area contributed by atoms with Gasteiger partial charge in [-0.05, 0) is 30.9 Å². The summed E-state index contributed by atoms with van der Waals surface area (Å²) in [6, 6.07) is 7.67. The van der Waals surface area contributed by atoms with Gasteiger partial charge < -0.3 is 10.4 Å². The molecular weight excluding hydrogens is 254 g/mol. The molecular formula is C16H21NO3. The number of carboxylic acid groups (broad SMARTS) is 1. The van der Waals surface area contributed by atoms with E-state index in [2.05, 4.69) is 5.32 Å². The van der Waals surface area contributed by atoms with Crippen molar-refractivity contribution in [2.24, 2.45) is 11.8 Å². The summed E-state index contributed by atoms with van der Waals surface area (Å²) >= 11 is 0. The molecule has 1 aromatic carbocycles. The van der Waals surface area contributed by atoms with Crippen molar-refractivity contribution in [2.75, 3.05) is 5.32 Å². The third kappa shape index (κ3) is 3.18. The van der Waals surface area contributed by atoms with Crippen LogP contribution in [0.5, 0.6) is 0 Å². The lowest BCUT2D eigenvalue weighted by Gasteiger charge is -2.27. The lowest BCUT2D eigenvalue weighted by Crippen LogP contribution is -2.36. The number of anilines is 1. The van der Waals surface area contributed by atoms with Gasteiger partial charge in [0.05, 0.1) is 11.8 Å². The maximum absolute atomic E-state index is 12.4. The third-order valence-corrected chi connectivity index (χ3v) is 4.08. The number of hydrogen-bond acceptors (Lipinski definition) is 2. The number of rotatable bonds is 4. The molecule has 0 bridgehead atoms. The maximum Gasteiger partial charge on any atom is 0.307 e. The molecule has 2 unspecified atom stereocenters. The van der Waals surface area contributed by atoms with Crippen LogP contribution >= 0.6 is 0 Å². The van der Waals surface area contributed by atoms with Crippen molar-refractivity contribution in [3.63, 3.8) is 0 Å². The zero-order valence-corrected chi connectivity index (χ0v) is 11.8. The fraction of sp³-hybridized carbons (Fsp3) is 0.500. The molecule has 4 nitrogen and oxygen atoms in total. The molecule has 108 valence electrons. The van der Waals surface area contributed by atoms with E-state index >= 15 is 0 Å². The summed E-state index contributed by atoms with van der Waals surface area (Å²) in [5.74, 6) is -1.96. The molecule has 4 heteroatoms. The van der Waals surface area contributed by atoms with Crippen LogP contribution in [0.1, 0.15) is 38.2 Å². The van der Waals surface area contributed by atoms with Gasteiger partial charge in [0.15, 0.2) is 0 Å². The van der Waals surface area contributed by atoms with Gasteiger partial charge in [0.25, 0.3) is 0 Å². The summed E-state index contributed by atoms with van der Waals surface area (Å²) < 4.78 is 0. The number of benzene rings is 1. The quantitative estimate of drug-likeness (QED) is 0.887. The van der Waals surface area contributed by atoms with E-state index in [1.54, 1.807) is 0 Å². The second-order valence-electron chi connectivity index (χ2n) is 5.34. The number of hydrogen-bond donors (Lipinski definition) is 2. The minimum atomic E-state index is -0.853. The maximum atomic E-state index is 12.4. The highest BCUT2D eigenvalue weighted by Gasteiger charge is 2.35. The van der Waals surface area contributed by atoms with E-state index in [9.17, 15) is 14.7 Å². The number of carboxylic acids is 1. The molecule has 0 radical (unpaired) electrons. The van der Waals surface area contributed by atoms with Gasteiger partial charge in [-0.2, -0.15) is 0 Å². The van der Waals surface area contributed by atoms with Crippen molar-refractivity contribution in [2.45, 2.75) is 39.0 Å². The fourth-order valence-corrected chi connectivity index (χ4v) is 2.92. The highest BCUT2D eigenvalue weighted by molar-refractivity contribution is 5.95. The van der Waals surface area contributed by atoms with Crippen LogP contribution < -0.4 is 5.32 Å². The van der Waals surface area contributed by atoms with Crippen LogP contribution in [0.15, 0.2) is 24.3 Å². The Morgan fingerprint density at radius 2 is 1.85 bits per heavy atom. The van der Waals surface area contributed by atoms with Gasteiger partial charge in [-0.1, -0.05) is 38.0 Å². The molecule has 2 atom stereocenters. The summed E-state index contributed by atoms with van der Waals surface area (Å²) in [6.45, 7) is 2.03. The van der Waals surface area contributed by atoms with Crippen molar-refractivity contribution in [1.29, 1.82) is 0 Å². The third-order valence-electron chi connectivity index (χ3n) is 4.08. The predicted molar refractivity (Wildman–Crippen MR) is 77.5 cm³/mol. The average molecular weight is 275 g/mol. The van der Waals surface area contributed by atoms with Crippen molar-refractivity contribution >= 4 is 17.6 Å². The minimum absolute atomic E-state index is 0.155. The molecule has 1 aliphatic rings. The van der Waals surface area contributed by atoms with E-state index in [4.69, 9.17) is 0 Å². The Morgan fingerprint density at radius 1 is 1.20 bits per heavy atom. The fourth-order valence-electron chi connectivity index (χ4n) is 2.92. The number of aliphatic carboxylic acids is 1. The monoisotopic (exact) mass is 275 g/mol. The first kappa shape index (κ1) is 14.6. The lowest BCUT2D eigenvalue weighted by molar-refractivity contribution is -0.147. The first-order valence-corrected chi connectivity index (χ1v) is 7.25. The summed E-state index contributed by atoms with van der Waals surface area (Å²) in [5, 5.41) is 12.2. The molecule has 2 N–H and O–H groups in total. The number of aryl methyl sites for hydroxylation is 1. The zero-order chi connectivity index (χ0) is 14.5. The van der Waals surface area contributed by atoms with E-state index in [1.807, 2.05) is 31.2 Å². The Kier molecular flexibility index (Phi) is 4.77. The topological polar surface area (TPSA) is 66.4 Å². The van der Waals surface area contributed by atoms with Crippen LogP contribution in [-0.4, -0.2) is 17.0 Å². The van der Waals surface area contributed by atoms with E-state index in [-0.39, 0.29) is 5.91 Å². The summed E-state index contributed by atoms with van der Waals surface area (Å²) in [6.07, 6.45) is 3.92. The zero-order valence-electron chi connectivity index (χ0n) is 11.8. The van der Waals surface area contributed by atoms with Gasteiger partial charge in [0, 0.05) is 5.69 Å². The van der Waals surface area contributed by atoms with Crippen LogP contribution in [0.3, 0.4) is 0 Å². The van der Waals surface area contributed by atoms with Crippen molar-refractivity contribution < 1.29 is 14.7 Å². The smallest absolute Gasteiger partial charge is 0.307 e. The predicted octanol–water partition coefficient (Wildman–Crippen LogP) is 3.08. The molecule has 1 aromatic rings. The number of para-hydroxylation sites is 1. The van der Waals surface area contributed by atoms with Gasteiger partial charge in [-0.3, -0.25) is 9.59 Å². The molecule has 0 aromatic heterocycles. The van der Waals surface area contributed by atoms with E-state index in [0.29, 0.717) is 12.8 Å². The number of nitrogens with one attached hydrogen (secondary N) is 1. The van der Waals surface area contributed by atoms with Crippen molar-refractivity contribution in [3.8, 4) is 0 Å². The number of carbonyl (C=O) groups excluding carboxylic acids is 1. The molecule has 20 heavy (non-hydrogen) atoms. The molecule has 0 spiro atoms. The van der Waals surface area contributed by atoms with Gasteiger partial charge in [-0.25, -0.2) is 0 Å². The first-order valence-electron chi connectivity index (χ1n) is 7.25. The molecule has 0 saturated heterocycles. The molecule has 0 aliphatic heterocycles. The van der Waals surface area contributed by atoms with E-state index < -0.39 is 17.8 Å². The van der Waals surface area contributed by atoms with Crippen molar-refractivity contribution in [1.82, 2.24) is 0 Å². The molecule has 1 amide bonds. The standard InChI is InChI=1S/C16H21NO3/c1-2-11-7-3-6-10-14(11)17-15(18)12-8-4-5-9-13(12)16(19)20/h3,6-7,10,12-13H,2,4-5,8-9H2,1H3,(H,17,18)(H,19,20). The second-order valence-corrected chi connectivity index (χ2v) is 5.34. The lowest BCUT2D eigenvalue weighted by atomic mass is 9.78. The van der Waals surface area contributed by atoms with Crippen LogP contribution in [0.25, 0.3) is 0 Å². The Hall–Kier alpha value is -1.84. The van der Waals surface area contributed by atoms with Gasteiger partial charge in [0.2, 0.25) is 5.91 Å². The minimum Gasteiger partial charge on any atom is -0.481 e. The van der Waals surface area contributed by atoms with Crippen molar-refractivity contribution in [3.05, 3.63) is 29.8 Å². The summed E-state index contributed by atoms with van der Waals surface area (Å²) in [4.78, 5) is 23.6. The number of carbonyl (C=O) groups is 2. The molecule has 1 saturated carbocycles. The van der Waals surface area contributed by atoms with E-state index in [1.165, 1.54) is 0 Å². The molecule has 2 rings (SSSR count). The largest absolute Gasteiger partial charge is 0.481 e. The summed E-state index contributed by atoms with van der Waals surface area (Å²) in [7, 11) is 0. The van der Waals surface area contributed by atoms with Crippen LogP contribution in [-0.2, 0) is 16.0 Å². The SMILES string of the molecule is CCc1ccccc1NC(=O)C1CCCCC1C(=O)O. The molecule has 0 heterocycles. The Labute approximate surface area is 119 Å². The van der Waals surface area contributed by atoms with Crippen LogP contribution in [0.2, 0.25) is 0 Å². The Morgan fingerprint density at radius 3 is 2.50 bits per heavy atom. The van der Waals surface area contributed by atoms with Gasteiger partial charge in [0.1, 0.15) is 0 Å². The normalized spacial score (nSPS) is 22.2. The second kappa shape index (κ2) is 6.55. The summed E-state index contributed by atoms with van der Waals surface area (Å²) in [5.41, 5.74) is 1.87. The number of amides is 1.